The van der Waals surface area contributed by atoms with Crippen molar-refractivity contribution < 1.29 is 14.4 Å². The van der Waals surface area contributed by atoms with Gasteiger partial charge in [0.15, 0.2) is 0 Å². The van der Waals surface area contributed by atoms with Gasteiger partial charge in [-0.25, -0.2) is 0 Å². The van der Waals surface area contributed by atoms with Crippen LogP contribution in [-0.2, 0) is 22.4 Å². The van der Waals surface area contributed by atoms with Gasteiger partial charge in [-0.05, 0) is 47.9 Å². The summed E-state index contributed by atoms with van der Waals surface area (Å²) in [5, 5.41) is 0.599. The van der Waals surface area contributed by atoms with Crippen molar-refractivity contribution in [1.29, 1.82) is 0 Å². The molecule has 1 aliphatic rings. The number of hydrogen-bond donors (Lipinski definition) is 2. The number of halogens is 1. The van der Waals surface area contributed by atoms with Gasteiger partial charge in [0.25, 0.3) is 5.91 Å². The normalized spacial score (nSPS) is 12.5. The molecular formula is C19H18ClN3O3. The van der Waals surface area contributed by atoms with Crippen molar-refractivity contribution in [3.8, 4) is 0 Å². The van der Waals surface area contributed by atoms with Gasteiger partial charge in [-0.3, -0.25) is 25.2 Å². The van der Waals surface area contributed by atoms with Gasteiger partial charge < -0.3 is 4.90 Å². The molecule has 2 aromatic carbocycles. The molecule has 2 aromatic rings. The van der Waals surface area contributed by atoms with Crippen molar-refractivity contribution in [2.75, 3.05) is 11.4 Å². The summed E-state index contributed by atoms with van der Waals surface area (Å²) >= 11 is 5.81. The monoisotopic (exact) mass is 371 g/mol. The fraction of sp³-hybridized carbons (Fsp3) is 0.211. The van der Waals surface area contributed by atoms with Crippen molar-refractivity contribution in [3.05, 3.63) is 64.2 Å². The summed E-state index contributed by atoms with van der Waals surface area (Å²) in [7, 11) is 0. The Balaban J connectivity index is 1.58. The largest absolute Gasteiger partial charge is 0.312 e. The summed E-state index contributed by atoms with van der Waals surface area (Å²) in [6.07, 6.45) is 0.841. The lowest BCUT2D eigenvalue weighted by molar-refractivity contribution is -0.121. The van der Waals surface area contributed by atoms with E-state index in [4.69, 9.17) is 11.6 Å². The number of nitrogens with zero attached hydrogens (tertiary/aromatic N) is 1. The molecule has 0 aliphatic carbocycles. The van der Waals surface area contributed by atoms with E-state index in [1.807, 2.05) is 0 Å². The average molecular weight is 372 g/mol. The number of fused-ring (bicyclic) bond motifs is 1. The van der Waals surface area contributed by atoms with E-state index < -0.39 is 5.91 Å². The summed E-state index contributed by atoms with van der Waals surface area (Å²) in [5.41, 5.74) is 7.82. The maximum absolute atomic E-state index is 12.2. The number of rotatable bonds is 3. The highest BCUT2D eigenvalue weighted by Gasteiger charge is 2.23. The van der Waals surface area contributed by atoms with Crippen LogP contribution >= 0.6 is 11.6 Å². The topological polar surface area (TPSA) is 78.5 Å². The highest BCUT2D eigenvalue weighted by Crippen LogP contribution is 2.28. The van der Waals surface area contributed by atoms with Crippen molar-refractivity contribution >= 4 is 35.0 Å². The first kappa shape index (κ1) is 17.9. The third-order valence-electron chi connectivity index (χ3n) is 4.21. The number of hydrogen-bond acceptors (Lipinski definition) is 3. The summed E-state index contributed by atoms with van der Waals surface area (Å²) in [4.78, 5) is 37.4. The molecule has 0 unspecified atom stereocenters. The Bertz CT molecular complexity index is 865. The third-order valence-corrected chi connectivity index (χ3v) is 4.46. The molecular weight excluding hydrogens is 354 g/mol. The Morgan fingerprint density at radius 3 is 2.50 bits per heavy atom. The standard InChI is InChI=1S/C19H18ClN3O3/c1-12(24)23-9-8-14-11-15(4-7-17(14)23)19(26)22-21-18(25)10-13-2-5-16(20)6-3-13/h2-7,11H,8-10H2,1H3,(H,21,25)(H,22,26). The zero-order valence-corrected chi connectivity index (χ0v) is 15.0. The lowest BCUT2D eigenvalue weighted by Crippen LogP contribution is -2.42. The quantitative estimate of drug-likeness (QED) is 0.812. The average Bonchev–Trinajstić information content (AvgIpc) is 3.05. The summed E-state index contributed by atoms with van der Waals surface area (Å²) < 4.78 is 0. The van der Waals surface area contributed by atoms with Gasteiger partial charge in [0.2, 0.25) is 11.8 Å². The van der Waals surface area contributed by atoms with Crippen molar-refractivity contribution in [3.63, 3.8) is 0 Å². The molecule has 3 rings (SSSR count). The lowest BCUT2D eigenvalue weighted by Gasteiger charge is -2.15. The van der Waals surface area contributed by atoms with E-state index in [0.29, 0.717) is 23.6 Å². The van der Waals surface area contributed by atoms with Crippen LogP contribution in [0.3, 0.4) is 0 Å². The summed E-state index contributed by atoms with van der Waals surface area (Å²) in [5.74, 6) is -0.751. The number of carbonyl (C=O) groups excluding carboxylic acids is 3. The molecule has 134 valence electrons. The van der Waals surface area contributed by atoms with Gasteiger partial charge in [0.1, 0.15) is 0 Å². The van der Waals surface area contributed by atoms with Crippen LogP contribution in [0.4, 0.5) is 5.69 Å². The molecule has 0 radical (unpaired) electrons. The van der Waals surface area contributed by atoms with Gasteiger partial charge in [0, 0.05) is 29.7 Å². The molecule has 6 nitrogen and oxygen atoms in total. The van der Waals surface area contributed by atoms with Gasteiger partial charge >= 0.3 is 0 Å². The Labute approximate surface area is 156 Å². The molecule has 1 aliphatic heterocycles. The molecule has 0 aromatic heterocycles. The van der Waals surface area contributed by atoms with Crippen LogP contribution < -0.4 is 15.8 Å². The maximum Gasteiger partial charge on any atom is 0.269 e. The Hall–Kier alpha value is -2.86. The molecule has 26 heavy (non-hydrogen) atoms. The molecule has 2 N–H and O–H groups in total. The van der Waals surface area contributed by atoms with Gasteiger partial charge in [0.05, 0.1) is 6.42 Å². The lowest BCUT2D eigenvalue weighted by atomic mass is 10.1. The summed E-state index contributed by atoms with van der Waals surface area (Å²) in [6, 6.07) is 12.1. The molecule has 0 saturated heterocycles. The zero-order valence-electron chi connectivity index (χ0n) is 14.2. The van der Waals surface area contributed by atoms with Crippen LogP contribution in [0.15, 0.2) is 42.5 Å². The smallest absolute Gasteiger partial charge is 0.269 e. The first-order valence-corrected chi connectivity index (χ1v) is 8.56. The molecule has 0 bridgehead atoms. The highest BCUT2D eigenvalue weighted by molar-refractivity contribution is 6.30. The van der Waals surface area contributed by atoms with Gasteiger partial charge in [-0.15, -0.1) is 0 Å². The van der Waals surface area contributed by atoms with E-state index in [9.17, 15) is 14.4 Å². The molecule has 0 atom stereocenters. The number of nitrogens with one attached hydrogen (secondary N) is 2. The predicted molar refractivity (Wildman–Crippen MR) is 98.9 cm³/mol. The maximum atomic E-state index is 12.2. The molecule has 7 heteroatoms. The minimum atomic E-state index is -0.404. The fourth-order valence-electron chi connectivity index (χ4n) is 2.90. The number of benzene rings is 2. The van der Waals surface area contributed by atoms with E-state index in [-0.39, 0.29) is 18.2 Å². The second-order valence-corrected chi connectivity index (χ2v) is 6.51. The van der Waals surface area contributed by atoms with Crippen LogP contribution in [0.5, 0.6) is 0 Å². The number of anilines is 1. The van der Waals surface area contributed by atoms with Crippen LogP contribution in [0, 0.1) is 0 Å². The van der Waals surface area contributed by atoms with Crippen LogP contribution in [0.2, 0.25) is 5.02 Å². The van der Waals surface area contributed by atoms with E-state index in [1.54, 1.807) is 47.4 Å². The molecule has 0 saturated carbocycles. The Morgan fingerprint density at radius 1 is 1.08 bits per heavy atom. The first-order valence-electron chi connectivity index (χ1n) is 8.18. The number of amides is 3. The summed E-state index contributed by atoms with van der Waals surface area (Å²) in [6.45, 7) is 2.14. The number of carbonyl (C=O) groups is 3. The van der Waals surface area contributed by atoms with Crippen LogP contribution in [0.25, 0.3) is 0 Å². The minimum absolute atomic E-state index is 0.0181. The van der Waals surface area contributed by atoms with Crippen LogP contribution in [0.1, 0.15) is 28.4 Å². The SMILES string of the molecule is CC(=O)N1CCc2cc(C(=O)NNC(=O)Cc3ccc(Cl)cc3)ccc21. The van der Waals surface area contributed by atoms with E-state index in [1.165, 1.54) is 6.92 Å². The highest BCUT2D eigenvalue weighted by atomic mass is 35.5. The second-order valence-electron chi connectivity index (χ2n) is 6.07. The van der Waals surface area contributed by atoms with Crippen molar-refractivity contribution in [1.82, 2.24) is 10.9 Å². The second kappa shape index (κ2) is 7.58. The fourth-order valence-corrected chi connectivity index (χ4v) is 3.03. The number of hydrazine groups is 1. The third kappa shape index (κ3) is 4.03. The molecule has 0 fully saturated rings. The Kier molecular flexibility index (Phi) is 5.23. The van der Waals surface area contributed by atoms with Gasteiger partial charge in [-0.2, -0.15) is 0 Å². The van der Waals surface area contributed by atoms with E-state index >= 15 is 0 Å². The minimum Gasteiger partial charge on any atom is -0.312 e. The Morgan fingerprint density at radius 2 is 1.81 bits per heavy atom. The molecule has 1 heterocycles. The van der Waals surface area contributed by atoms with Crippen LogP contribution in [-0.4, -0.2) is 24.3 Å². The van der Waals surface area contributed by atoms with Crippen molar-refractivity contribution in [2.45, 2.75) is 19.8 Å². The van der Waals surface area contributed by atoms with Gasteiger partial charge in [-0.1, -0.05) is 23.7 Å². The molecule has 0 spiro atoms. The predicted octanol–water partition coefficient (Wildman–Crippen LogP) is 2.25. The van der Waals surface area contributed by atoms with Crippen molar-refractivity contribution in [2.24, 2.45) is 0 Å². The first-order chi connectivity index (χ1) is 12.4. The zero-order chi connectivity index (χ0) is 18.7. The van der Waals surface area contributed by atoms with E-state index in [2.05, 4.69) is 10.9 Å². The van der Waals surface area contributed by atoms with E-state index in [0.717, 1.165) is 16.8 Å². The molecule has 3 amide bonds.